The summed E-state index contributed by atoms with van der Waals surface area (Å²) >= 11 is 0. The van der Waals surface area contributed by atoms with E-state index < -0.39 is 17.7 Å². The van der Waals surface area contributed by atoms with Crippen LogP contribution in [-0.4, -0.2) is 12.6 Å². The van der Waals surface area contributed by atoms with Gasteiger partial charge in [0.05, 0.1) is 0 Å². The average Bonchev–Trinajstić information content (AvgIpc) is 2.17. The molecule has 0 radical (unpaired) electrons. The summed E-state index contributed by atoms with van der Waals surface area (Å²) in [4.78, 5) is 10.0. The lowest BCUT2D eigenvalue weighted by Gasteiger charge is -2.20. The van der Waals surface area contributed by atoms with Crippen LogP contribution in [0.2, 0.25) is 0 Å². The van der Waals surface area contributed by atoms with E-state index in [2.05, 4.69) is 0 Å². The van der Waals surface area contributed by atoms with E-state index in [1.54, 1.807) is 0 Å². The second kappa shape index (κ2) is 4.07. The Balaban J connectivity index is 3.13. The van der Waals surface area contributed by atoms with Crippen LogP contribution < -0.4 is 5.32 Å². The van der Waals surface area contributed by atoms with Crippen molar-refractivity contribution in [2.75, 3.05) is 5.32 Å². The summed E-state index contributed by atoms with van der Waals surface area (Å²) in [5, 5.41) is 1.99. The molecule has 0 saturated carbocycles. The zero-order valence-electron chi connectivity index (χ0n) is 7.68. The molecule has 0 fully saturated rings. The zero-order valence-corrected chi connectivity index (χ0v) is 7.68. The summed E-state index contributed by atoms with van der Waals surface area (Å²) in [5.74, 6) is -4.94. The van der Waals surface area contributed by atoms with E-state index in [0.717, 1.165) is 6.07 Å². The van der Waals surface area contributed by atoms with Crippen LogP contribution in [0.4, 0.5) is 27.6 Å². The smallest absolute Gasteiger partial charge is 0.329 e. The quantitative estimate of drug-likeness (QED) is 0.637. The molecule has 0 aliphatic carbocycles. The van der Waals surface area contributed by atoms with Crippen LogP contribution in [0, 0.1) is 0 Å². The van der Waals surface area contributed by atoms with E-state index in [0.29, 0.717) is 12.1 Å². The fourth-order valence-electron chi connectivity index (χ4n) is 1.04. The van der Waals surface area contributed by atoms with Crippen LogP contribution >= 0.6 is 0 Å². The minimum Gasteiger partial charge on any atom is -0.329 e. The molecule has 16 heavy (non-hydrogen) atoms. The molecule has 0 aliphatic heterocycles. The second-order valence-electron chi connectivity index (χ2n) is 2.92. The molecule has 1 aromatic carbocycles. The highest BCUT2D eigenvalue weighted by molar-refractivity contribution is 5.71. The van der Waals surface area contributed by atoms with Crippen molar-refractivity contribution in [3.63, 3.8) is 0 Å². The standard InChI is InChI=1S/C9H6F5NO/c10-8(11,9(12,13)14)6-2-1-3-7(4-6)15-5-16/h1-5H,(H,15,16). The number of carbonyl (C=O) groups is 1. The molecule has 0 aliphatic rings. The third-order valence-corrected chi connectivity index (χ3v) is 1.81. The molecular weight excluding hydrogens is 233 g/mol. The fraction of sp³-hybridized carbons (Fsp3) is 0.222. The Hall–Kier alpha value is -1.66. The first-order valence-corrected chi connectivity index (χ1v) is 4.04. The van der Waals surface area contributed by atoms with Gasteiger partial charge in [-0.2, -0.15) is 22.0 Å². The van der Waals surface area contributed by atoms with Crippen molar-refractivity contribution in [3.8, 4) is 0 Å². The SMILES string of the molecule is O=CNc1cccc(C(F)(F)C(F)(F)F)c1. The van der Waals surface area contributed by atoms with E-state index in [9.17, 15) is 26.7 Å². The van der Waals surface area contributed by atoms with Gasteiger partial charge >= 0.3 is 12.1 Å². The molecule has 0 unspecified atom stereocenters. The van der Waals surface area contributed by atoms with Crippen molar-refractivity contribution in [2.45, 2.75) is 12.1 Å². The summed E-state index contributed by atoms with van der Waals surface area (Å²) in [6.07, 6.45) is -5.47. The maximum atomic E-state index is 12.8. The molecule has 0 aromatic heterocycles. The summed E-state index contributed by atoms with van der Waals surface area (Å²) < 4.78 is 61.7. The summed E-state index contributed by atoms with van der Waals surface area (Å²) in [6, 6.07) is 3.41. The lowest BCUT2D eigenvalue weighted by atomic mass is 10.1. The number of alkyl halides is 5. The van der Waals surface area contributed by atoms with Crippen molar-refractivity contribution < 1.29 is 26.7 Å². The molecule has 0 saturated heterocycles. The van der Waals surface area contributed by atoms with Crippen LogP contribution in [0.5, 0.6) is 0 Å². The highest BCUT2D eigenvalue weighted by Gasteiger charge is 2.58. The average molecular weight is 239 g/mol. The molecule has 88 valence electrons. The van der Waals surface area contributed by atoms with E-state index in [4.69, 9.17) is 0 Å². The summed E-state index contributed by atoms with van der Waals surface area (Å²) in [6.45, 7) is 0. The van der Waals surface area contributed by atoms with Gasteiger partial charge in [0.1, 0.15) is 0 Å². The largest absolute Gasteiger partial charge is 0.458 e. The minimum atomic E-state index is -5.66. The van der Waals surface area contributed by atoms with Crippen LogP contribution in [0.1, 0.15) is 5.56 Å². The molecule has 1 rings (SSSR count). The molecule has 7 heteroatoms. The number of carbonyl (C=O) groups excluding carboxylic acids is 1. The van der Waals surface area contributed by atoms with Gasteiger partial charge in [0.15, 0.2) is 0 Å². The minimum absolute atomic E-state index is 0.128. The number of hydrogen-bond acceptors (Lipinski definition) is 1. The fourth-order valence-corrected chi connectivity index (χ4v) is 1.04. The zero-order chi connectivity index (χ0) is 12.4. The third kappa shape index (κ3) is 2.29. The molecule has 0 bridgehead atoms. The van der Waals surface area contributed by atoms with E-state index in [-0.39, 0.29) is 12.1 Å². The first-order valence-electron chi connectivity index (χ1n) is 4.04. The van der Waals surface area contributed by atoms with Gasteiger partial charge in [0, 0.05) is 11.3 Å². The normalized spacial score (nSPS) is 12.3. The highest BCUT2D eigenvalue weighted by atomic mass is 19.4. The van der Waals surface area contributed by atoms with E-state index in [1.165, 1.54) is 6.07 Å². The first-order chi connectivity index (χ1) is 7.29. The Morgan fingerprint density at radius 3 is 2.25 bits per heavy atom. The topological polar surface area (TPSA) is 29.1 Å². The predicted molar refractivity (Wildman–Crippen MR) is 46.1 cm³/mol. The molecular formula is C9H6F5NO. The van der Waals surface area contributed by atoms with Gasteiger partial charge in [0.2, 0.25) is 6.41 Å². The number of halogens is 5. The van der Waals surface area contributed by atoms with Crippen molar-refractivity contribution in [2.24, 2.45) is 0 Å². The molecule has 0 spiro atoms. The van der Waals surface area contributed by atoms with Crippen LogP contribution in [0.25, 0.3) is 0 Å². The number of amides is 1. The van der Waals surface area contributed by atoms with Crippen LogP contribution in [0.3, 0.4) is 0 Å². The second-order valence-corrected chi connectivity index (χ2v) is 2.92. The van der Waals surface area contributed by atoms with Gasteiger partial charge in [-0.3, -0.25) is 4.79 Å². The molecule has 1 N–H and O–H groups in total. The summed E-state index contributed by atoms with van der Waals surface area (Å²) in [7, 11) is 0. The molecule has 0 atom stereocenters. The maximum absolute atomic E-state index is 12.8. The van der Waals surface area contributed by atoms with Crippen molar-refractivity contribution in [3.05, 3.63) is 29.8 Å². The number of benzene rings is 1. The van der Waals surface area contributed by atoms with E-state index >= 15 is 0 Å². The number of anilines is 1. The third-order valence-electron chi connectivity index (χ3n) is 1.81. The first kappa shape index (κ1) is 12.4. The van der Waals surface area contributed by atoms with Crippen LogP contribution in [0.15, 0.2) is 24.3 Å². The van der Waals surface area contributed by atoms with Crippen molar-refractivity contribution in [1.82, 2.24) is 0 Å². The lowest BCUT2D eigenvalue weighted by Crippen LogP contribution is -2.33. The van der Waals surface area contributed by atoms with Crippen molar-refractivity contribution >= 4 is 12.1 Å². The van der Waals surface area contributed by atoms with Gasteiger partial charge in [-0.25, -0.2) is 0 Å². The lowest BCUT2D eigenvalue weighted by molar-refractivity contribution is -0.289. The molecule has 1 aromatic rings. The molecule has 0 heterocycles. The molecule has 2 nitrogen and oxygen atoms in total. The number of rotatable bonds is 3. The molecule has 1 amide bonds. The summed E-state index contributed by atoms with van der Waals surface area (Å²) in [5.41, 5.74) is -1.34. The van der Waals surface area contributed by atoms with Gasteiger partial charge in [-0.1, -0.05) is 12.1 Å². The number of hydrogen-bond donors (Lipinski definition) is 1. The highest BCUT2D eigenvalue weighted by Crippen LogP contribution is 2.44. The Kier molecular flexibility index (Phi) is 3.16. The Morgan fingerprint density at radius 2 is 1.75 bits per heavy atom. The Labute approximate surface area is 87.1 Å². The maximum Gasteiger partial charge on any atom is 0.458 e. The predicted octanol–water partition coefficient (Wildman–Crippen LogP) is 2.91. The van der Waals surface area contributed by atoms with Gasteiger partial charge < -0.3 is 5.32 Å². The van der Waals surface area contributed by atoms with Gasteiger partial charge in [-0.15, -0.1) is 0 Å². The monoisotopic (exact) mass is 239 g/mol. The Morgan fingerprint density at radius 1 is 1.12 bits per heavy atom. The van der Waals surface area contributed by atoms with Crippen LogP contribution in [-0.2, 0) is 10.7 Å². The van der Waals surface area contributed by atoms with Gasteiger partial charge in [0.25, 0.3) is 0 Å². The van der Waals surface area contributed by atoms with Gasteiger partial charge in [-0.05, 0) is 12.1 Å². The van der Waals surface area contributed by atoms with Crippen molar-refractivity contribution in [1.29, 1.82) is 0 Å². The van der Waals surface area contributed by atoms with E-state index in [1.807, 2.05) is 5.32 Å². The number of nitrogens with one attached hydrogen (secondary N) is 1. The Bertz CT molecular complexity index is 388.